The summed E-state index contributed by atoms with van der Waals surface area (Å²) in [6.45, 7) is -0.438. The van der Waals surface area contributed by atoms with Crippen LogP contribution in [0.4, 0.5) is 0 Å². The highest BCUT2D eigenvalue weighted by atomic mass is 16.4. The molecule has 0 aliphatic heterocycles. The van der Waals surface area contributed by atoms with Gasteiger partial charge in [0.05, 0.1) is 5.69 Å². The minimum Gasteiger partial charge on any atom is -0.480 e. The molecule has 4 aromatic rings. The van der Waals surface area contributed by atoms with Crippen LogP contribution < -0.4 is 5.32 Å². The van der Waals surface area contributed by atoms with Crippen LogP contribution in [0.5, 0.6) is 0 Å². The normalized spacial score (nSPS) is 12.4. The van der Waals surface area contributed by atoms with Gasteiger partial charge in [-0.2, -0.15) is 5.10 Å². The molecule has 3 aromatic carbocycles. The van der Waals surface area contributed by atoms with E-state index in [9.17, 15) is 29.7 Å². The van der Waals surface area contributed by atoms with E-state index in [0.717, 1.165) is 16.7 Å². The number of nitrogens with one attached hydrogen (secondary N) is 1. The number of hydrogen-bond donors (Lipinski definition) is 4. The summed E-state index contributed by atoms with van der Waals surface area (Å²) in [6.07, 6.45) is -1.62. The van der Waals surface area contributed by atoms with Crippen LogP contribution in [0.2, 0.25) is 0 Å². The van der Waals surface area contributed by atoms with Gasteiger partial charge in [-0.3, -0.25) is 14.3 Å². The second kappa shape index (κ2) is 12.0. The summed E-state index contributed by atoms with van der Waals surface area (Å²) < 4.78 is 1.23. The summed E-state index contributed by atoms with van der Waals surface area (Å²) in [5.41, 5.74) is 4.04. The fraction of sp³-hybridized carbons (Fsp3) is 0.172. The summed E-state index contributed by atoms with van der Waals surface area (Å²) in [5, 5.41) is 35.5. The fourth-order valence-electron chi connectivity index (χ4n) is 4.19. The average Bonchev–Trinajstić information content (AvgIpc) is 3.33. The van der Waals surface area contributed by atoms with Crippen molar-refractivity contribution < 1.29 is 29.7 Å². The lowest BCUT2D eigenvalue weighted by molar-refractivity contribution is -0.147. The van der Waals surface area contributed by atoms with Gasteiger partial charge in [0, 0.05) is 12.5 Å². The number of rotatable bonds is 11. The highest BCUT2D eigenvalue weighted by molar-refractivity contribution is 5.93. The first-order valence-corrected chi connectivity index (χ1v) is 12.0. The van der Waals surface area contributed by atoms with Gasteiger partial charge in [-0.05, 0) is 34.7 Å². The number of carboxylic acids is 2. The first-order valence-electron chi connectivity index (χ1n) is 12.0. The molecule has 0 spiro atoms. The molecule has 0 saturated heterocycles. The molecule has 194 valence electrons. The Morgan fingerprint density at radius 1 is 0.816 bits per heavy atom. The van der Waals surface area contributed by atoms with Gasteiger partial charge in [0.1, 0.15) is 6.54 Å². The number of carboxylic acid groups (broad SMARTS) is 2. The zero-order valence-corrected chi connectivity index (χ0v) is 20.4. The van der Waals surface area contributed by atoms with Crippen LogP contribution in [0.25, 0.3) is 22.4 Å². The van der Waals surface area contributed by atoms with Crippen molar-refractivity contribution in [1.29, 1.82) is 0 Å². The van der Waals surface area contributed by atoms with E-state index in [-0.39, 0.29) is 18.5 Å². The van der Waals surface area contributed by atoms with Crippen molar-refractivity contribution in [2.75, 3.05) is 0 Å². The van der Waals surface area contributed by atoms with E-state index in [4.69, 9.17) is 0 Å². The van der Waals surface area contributed by atoms with Gasteiger partial charge in [0.15, 0.2) is 11.8 Å². The van der Waals surface area contributed by atoms with Crippen LogP contribution >= 0.6 is 0 Å². The van der Waals surface area contributed by atoms with Crippen molar-refractivity contribution in [3.8, 4) is 22.4 Å². The highest BCUT2D eigenvalue weighted by Crippen LogP contribution is 2.22. The first-order chi connectivity index (χ1) is 18.3. The number of amides is 1. The second-order valence-electron chi connectivity index (χ2n) is 8.86. The van der Waals surface area contributed by atoms with E-state index >= 15 is 0 Å². The minimum absolute atomic E-state index is 0.0145. The summed E-state index contributed by atoms with van der Waals surface area (Å²) in [4.78, 5) is 35.8. The van der Waals surface area contributed by atoms with E-state index < -0.39 is 36.5 Å². The molecule has 1 amide bonds. The molecule has 4 N–H and O–H groups in total. The molecule has 0 bridgehead atoms. The van der Waals surface area contributed by atoms with Crippen LogP contribution in [-0.4, -0.2) is 55.1 Å². The molecular weight excluding hydrogens is 486 g/mol. The molecule has 2 atom stereocenters. The summed E-state index contributed by atoms with van der Waals surface area (Å²) in [7, 11) is 0. The SMILES string of the molecule is O=C(O)Cn1nc(C(=O)N[C@H](Cc2ccc(-c3ccccc3)cc2)C[C@@H](O)C(=O)O)cc1-c1ccccc1. The maximum absolute atomic E-state index is 13.2. The van der Waals surface area contributed by atoms with Gasteiger partial charge >= 0.3 is 11.9 Å². The number of aliphatic hydroxyl groups is 1. The molecular formula is C29H27N3O6. The molecule has 0 radical (unpaired) electrons. The third-order valence-electron chi connectivity index (χ3n) is 6.04. The van der Waals surface area contributed by atoms with Gasteiger partial charge in [0.2, 0.25) is 0 Å². The third-order valence-corrected chi connectivity index (χ3v) is 6.04. The Kier molecular flexibility index (Phi) is 8.30. The molecule has 4 rings (SSSR count). The first kappa shape index (κ1) is 26.3. The third kappa shape index (κ3) is 6.71. The molecule has 1 heterocycles. The maximum atomic E-state index is 13.2. The predicted octanol–water partition coefficient (Wildman–Crippen LogP) is 3.48. The van der Waals surface area contributed by atoms with Crippen LogP contribution in [0, 0.1) is 0 Å². The van der Waals surface area contributed by atoms with Crippen molar-refractivity contribution in [2.24, 2.45) is 0 Å². The number of nitrogens with zero attached hydrogens (tertiary/aromatic N) is 2. The summed E-state index contributed by atoms with van der Waals surface area (Å²) in [5.74, 6) is -3.10. The summed E-state index contributed by atoms with van der Waals surface area (Å²) in [6, 6.07) is 27.2. The van der Waals surface area contributed by atoms with E-state index in [1.807, 2.05) is 60.7 Å². The molecule has 0 aliphatic rings. The Hall–Kier alpha value is -4.76. The fourth-order valence-corrected chi connectivity index (χ4v) is 4.19. The number of carbonyl (C=O) groups excluding carboxylic acids is 1. The molecule has 0 fully saturated rings. The van der Waals surface area contributed by atoms with Gasteiger partial charge in [-0.15, -0.1) is 0 Å². The molecule has 1 aromatic heterocycles. The van der Waals surface area contributed by atoms with Crippen LogP contribution in [0.3, 0.4) is 0 Å². The largest absolute Gasteiger partial charge is 0.480 e. The van der Waals surface area contributed by atoms with E-state index in [0.29, 0.717) is 11.3 Å². The monoisotopic (exact) mass is 513 g/mol. The standard InChI is InChI=1S/C29H27N3O6/c33-26(29(37)38)16-23(15-19-11-13-21(14-12-19)20-7-3-1-4-8-20)30-28(36)24-17-25(22-9-5-2-6-10-22)32(31-24)18-27(34)35/h1-14,17,23,26,33H,15-16,18H2,(H,30,36)(H,34,35)(H,37,38)/t23-,26-/m1/s1. The number of aliphatic hydroxyl groups excluding tert-OH is 1. The topological polar surface area (TPSA) is 142 Å². The molecule has 38 heavy (non-hydrogen) atoms. The summed E-state index contributed by atoms with van der Waals surface area (Å²) >= 11 is 0. The molecule has 9 heteroatoms. The zero-order chi connectivity index (χ0) is 27.1. The van der Waals surface area contributed by atoms with Gasteiger partial charge in [0.25, 0.3) is 5.91 Å². The van der Waals surface area contributed by atoms with Crippen LogP contribution in [-0.2, 0) is 22.6 Å². The number of aliphatic carboxylic acids is 2. The van der Waals surface area contributed by atoms with Gasteiger partial charge < -0.3 is 20.6 Å². The van der Waals surface area contributed by atoms with Crippen LogP contribution in [0.15, 0.2) is 91.0 Å². The molecule has 0 aliphatic carbocycles. The number of aromatic nitrogens is 2. The Labute approximate surface area is 219 Å². The quantitative estimate of drug-likeness (QED) is 0.241. The van der Waals surface area contributed by atoms with E-state index in [2.05, 4.69) is 10.4 Å². The molecule has 9 nitrogen and oxygen atoms in total. The van der Waals surface area contributed by atoms with Crippen molar-refractivity contribution in [2.45, 2.75) is 31.5 Å². The lowest BCUT2D eigenvalue weighted by atomic mass is 9.97. The van der Waals surface area contributed by atoms with Crippen molar-refractivity contribution >= 4 is 17.8 Å². The lowest BCUT2D eigenvalue weighted by Gasteiger charge is -2.20. The number of benzene rings is 3. The Morgan fingerprint density at radius 3 is 1.97 bits per heavy atom. The van der Waals surface area contributed by atoms with Crippen molar-refractivity contribution in [1.82, 2.24) is 15.1 Å². The highest BCUT2D eigenvalue weighted by Gasteiger charge is 2.24. The van der Waals surface area contributed by atoms with Crippen molar-refractivity contribution in [3.63, 3.8) is 0 Å². The molecule has 0 saturated carbocycles. The smallest absolute Gasteiger partial charge is 0.332 e. The molecule has 0 unspecified atom stereocenters. The van der Waals surface area contributed by atoms with E-state index in [1.165, 1.54) is 10.7 Å². The second-order valence-corrected chi connectivity index (χ2v) is 8.86. The van der Waals surface area contributed by atoms with E-state index in [1.54, 1.807) is 24.3 Å². The van der Waals surface area contributed by atoms with Gasteiger partial charge in [-0.25, -0.2) is 4.79 Å². The maximum Gasteiger partial charge on any atom is 0.332 e. The van der Waals surface area contributed by atoms with Crippen LogP contribution in [0.1, 0.15) is 22.5 Å². The Balaban J connectivity index is 1.55. The lowest BCUT2D eigenvalue weighted by Crippen LogP contribution is -2.40. The Bertz CT molecular complexity index is 1400. The number of carbonyl (C=O) groups is 3. The average molecular weight is 514 g/mol. The van der Waals surface area contributed by atoms with Crippen molar-refractivity contribution in [3.05, 3.63) is 102 Å². The Morgan fingerprint density at radius 2 is 1.39 bits per heavy atom. The zero-order valence-electron chi connectivity index (χ0n) is 20.4. The number of hydrogen-bond acceptors (Lipinski definition) is 5. The predicted molar refractivity (Wildman–Crippen MR) is 140 cm³/mol. The van der Waals surface area contributed by atoms with Gasteiger partial charge in [-0.1, -0.05) is 84.9 Å². The minimum atomic E-state index is -1.67.